The van der Waals surface area contributed by atoms with Gasteiger partial charge in [0.25, 0.3) is 0 Å². The molecule has 0 rings (SSSR count). The van der Waals surface area contributed by atoms with Crippen molar-refractivity contribution in [2.75, 3.05) is 5.75 Å². The van der Waals surface area contributed by atoms with Crippen molar-refractivity contribution in [3.05, 3.63) is 4.91 Å². The molecule has 0 aromatic heterocycles. The Balaban J connectivity index is 3.37. The van der Waals surface area contributed by atoms with E-state index in [0.717, 1.165) is 11.9 Å². The minimum atomic E-state index is -0.897. The molecule has 0 radical (unpaired) electrons. The molecule has 0 amide bonds. The van der Waals surface area contributed by atoms with Crippen LogP contribution in [-0.4, -0.2) is 16.8 Å². The second-order valence-corrected chi connectivity index (χ2v) is 2.35. The lowest BCUT2D eigenvalue weighted by atomic mass is 10.2. The van der Waals surface area contributed by atoms with Gasteiger partial charge in [0, 0.05) is 22.3 Å². The topological polar surface area (TPSA) is 66.7 Å². The number of rotatable bonds is 4. The van der Waals surface area contributed by atoms with E-state index in [4.69, 9.17) is 5.11 Å². The minimum Gasteiger partial charge on any atom is -0.481 e. The molecule has 0 fully saturated rings. The van der Waals surface area contributed by atoms with Crippen molar-refractivity contribution < 1.29 is 9.90 Å². The van der Waals surface area contributed by atoms with Gasteiger partial charge in [-0.3, -0.25) is 4.79 Å². The van der Waals surface area contributed by atoms with Crippen molar-refractivity contribution >= 4 is 17.9 Å². The predicted octanol–water partition coefficient (Wildman–Crippen LogP) is 1.12. The number of nitroso groups, excluding NO2 is 1. The van der Waals surface area contributed by atoms with Crippen LogP contribution in [0.15, 0.2) is 4.58 Å². The number of carboxylic acids is 1. The molecule has 0 saturated carbocycles. The van der Waals surface area contributed by atoms with Gasteiger partial charge >= 0.3 is 5.97 Å². The molecule has 0 saturated heterocycles. The van der Waals surface area contributed by atoms with Crippen LogP contribution in [0.1, 0.15) is 6.92 Å². The molecule has 9 heavy (non-hydrogen) atoms. The molecule has 0 bridgehead atoms. The average molecular weight is 149 g/mol. The van der Waals surface area contributed by atoms with Gasteiger partial charge in [0.05, 0.1) is 5.92 Å². The molecule has 1 unspecified atom stereocenters. The number of hydrogen-bond donors (Lipinski definition) is 1. The summed E-state index contributed by atoms with van der Waals surface area (Å²) in [5.74, 6) is -1.14. The highest BCUT2D eigenvalue weighted by Gasteiger charge is 2.09. The maximum absolute atomic E-state index is 10.0. The van der Waals surface area contributed by atoms with Gasteiger partial charge in [-0.1, -0.05) is 6.92 Å². The molecule has 5 heteroatoms. The standard InChI is InChI=1S/C4H7NO3S/c1-3(4(6)7)2-9-5-8/h3H,2H2,1H3,(H,6,7). The normalized spacial score (nSPS) is 12.6. The molecule has 0 aromatic carbocycles. The SMILES string of the molecule is CC(CSN=O)C(=O)O. The fraction of sp³-hybridized carbons (Fsp3) is 0.750. The summed E-state index contributed by atoms with van der Waals surface area (Å²) in [4.78, 5) is 19.5. The molecule has 0 aromatic rings. The molecule has 52 valence electrons. The first-order valence-electron chi connectivity index (χ1n) is 2.36. The van der Waals surface area contributed by atoms with Crippen molar-refractivity contribution in [3.63, 3.8) is 0 Å². The van der Waals surface area contributed by atoms with Crippen molar-refractivity contribution in [1.29, 1.82) is 0 Å². The number of carboxylic acid groups (broad SMARTS) is 1. The van der Waals surface area contributed by atoms with Crippen molar-refractivity contribution in [2.24, 2.45) is 10.5 Å². The first kappa shape index (κ1) is 8.42. The highest BCUT2D eigenvalue weighted by atomic mass is 32.2. The summed E-state index contributed by atoms with van der Waals surface area (Å²) in [6.07, 6.45) is 0. The first-order chi connectivity index (χ1) is 4.18. The third-order valence-electron chi connectivity index (χ3n) is 0.799. The zero-order valence-electron chi connectivity index (χ0n) is 4.90. The first-order valence-corrected chi connectivity index (χ1v) is 3.30. The molecule has 1 N–H and O–H groups in total. The fourth-order valence-corrected chi connectivity index (χ4v) is 0.641. The van der Waals surface area contributed by atoms with Crippen LogP contribution in [0.5, 0.6) is 0 Å². The van der Waals surface area contributed by atoms with Crippen molar-refractivity contribution in [3.8, 4) is 0 Å². The van der Waals surface area contributed by atoms with Crippen LogP contribution in [0.2, 0.25) is 0 Å². The predicted molar refractivity (Wildman–Crippen MR) is 35.1 cm³/mol. The van der Waals surface area contributed by atoms with Crippen LogP contribution in [-0.2, 0) is 4.79 Å². The Morgan fingerprint density at radius 2 is 2.44 bits per heavy atom. The summed E-state index contributed by atoms with van der Waals surface area (Å²) >= 11 is 0.733. The number of hydrogen-bond acceptors (Lipinski definition) is 4. The Bertz CT molecular complexity index is 116. The van der Waals surface area contributed by atoms with Gasteiger partial charge in [0.2, 0.25) is 0 Å². The Hall–Kier alpha value is -0.580. The Morgan fingerprint density at radius 3 is 2.78 bits per heavy atom. The quantitative estimate of drug-likeness (QED) is 0.480. The van der Waals surface area contributed by atoms with Crippen LogP contribution in [0.3, 0.4) is 0 Å². The summed E-state index contributed by atoms with van der Waals surface area (Å²) < 4.78 is 2.46. The molecule has 0 aliphatic heterocycles. The molecule has 4 nitrogen and oxygen atoms in total. The van der Waals surface area contributed by atoms with Gasteiger partial charge in [-0.2, -0.15) is 0 Å². The summed E-state index contributed by atoms with van der Waals surface area (Å²) in [7, 11) is 0. The Kier molecular flexibility index (Phi) is 4.04. The smallest absolute Gasteiger partial charge is 0.307 e. The summed E-state index contributed by atoms with van der Waals surface area (Å²) in [5.41, 5.74) is 0. The average Bonchev–Trinajstić information content (AvgIpc) is 1.82. The Labute approximate surface area is 56.7 Å². The monoisotopic (exact) mass is 149 g/mol. The van der Waals surface area contributed by atoms with Gasteiger partial charge in [0.1, 0.15) is 0 Å². The van der Waals surface area contributed by atoms with Gasteiger partial charge in [0.15, 0.2) is 0 Å². The molecule has 0 heterocycles. The van der Waals surface area contributed by atoms with E-state index in [-0.39, 0.29) is 5.75 Å². The lowest BCUT2D eigenvalue weighted by Crippen LogP contribution is -2.11. The van der Waals surface area contributed by atoms with Gasteiger partial charge < -0.3 is 5.11 Å². The highest BCUT2D eigenvalue weighted by Crippen LogP contribution is 2.07. The minimum absolute atomic E-state index is 0.249. The van der Waals surface area contributed by atoms with Crippen LogP contribution in [0, 0.1) is 10.8 Å². The van der Waals surface area contributed by atoms with E-state index < -0.39 is 11.9 Å². The van der Waals surface area contributed by atoms with E-state index in [1.807, 2.05) is 0 Å². The van der Waals surface area contributed by atoms with Crippen LogP contribution in [0.4, 0.5) is 0 Å². The largest absolute Gasteiger partial charge is 0.481 e. The number of nitrogens with zero attached hydrogens (tertiary/aromatic N) is 1. The maximum Gasteiger partial charge on any atom is 0.307 e. The lowest BCUT2D eigenvalue weighted by molar-refractivity contribution is -0.140. The van der Waals surface area contributed by atoms with E-state index in [1.165, 1.54) is 6.92 Å². The third-order valence-corrected chi connectivity index (χ3v) is 1.55. The molecule has 0 aliphatic carbocycles. The second-order valence-electron chi connectivity index (χ2n) is 1.61. The summed E-state index contributed by atoms with van der Waals surface area (Å²) in [5, 5.41) is 8.25. The Morgan fingerprint density at radius 1 is 1.89 bits per heavy atom. The van der Waals surface area contributed by atoms with E-state index in [9.17, 15) is 9.70 Å². The molecular weight excluding hydrogens is 142 g/mol. The fourth-order valence-electron chi connectivity index (χ4n) is 0.214. The lowest BCUT2D eigenvalue weighted by Gasteiger charge is -1.98. The second kappa shape index (κ2) is 4.31. The van der Waals surface area contributed by atoms with Gasteiger partial charge in [-0.25, -0.2) is 0 Å². The molecule has 0 spiro atoms. The van der Waals surface area contributed by atoms with E-state index in [2.05, 4.69) is 4.58 Å². The van der Waals surface area contributed by atoms with E-state index >= 15 is 0 Å². The molecule has 0 aliphatic rings. The molecular formula is C4H7NO3S. The zero-order valence-corrected chi connectivity index (χ0v) is 5.72. The van der Waals surface area contributed by atoms with Gasteiger partial charge in [-0.15, -0.1) is 4.91 Å². The maximum atomic E-state index is 10.0. The number of aliphatic carboxylic acids is 1. The van der Waals surface area contributed by atoms with E-state index in [0.29, 0.717) is 0 Å². The van der Waals surface area contributed by atoms with E-state index in [1.54, 1.807) is 0 Å². The zero-order chi connectivity index (χ0) is 7.28. The third kappa shape index (κ3) is 3.96. The van der Waals surface area contributed by atoms with Crippen molar-refractivity contribution in [2.45, 2.75) is 6.92 Å². The summed E-state index contributed by atoms with van der Waals surface area (Å²) in [6.45, 7) is 1.53. The highest BCUT2D eigenvalue weighted by molar-refractivity contribution is 7.97. The number of carbonyl (C=O) groups is 1. The van der Waals surface area contributed by atoms with Gasteiger partial charge in [-0.05, 0) is 0 Å². The van der Waals surface area contributed by atoms with Crippen LogP contribution in [0.25, 0.3) is 0 Å². The van der Waals surface area contributed by atoms with Crippen LogP contribution >= 0.6 is 11.9 Å². The van der Waals surface area contributed by atoms with Crippen molar-refractivity contribution in [1.82, 2.24) is 0 Å². The van der Waals surface area contributed by atoms with Crippen LogP contribution < -0.4 is 0 Å². The summed E-state index contributed by atoms with van der Waals surface area (Å²) in [6, 6.07) is 0. The molecule has 1 atom stereocenters.